The Balaban J connectivity index is 1.88. The van der Waals surface area contributed by atoms with Crippen LogP contribution < -0.4 is 5.32 Å². The second-order valence-corrected chi connectivity index (χ2v) is 6.89. The van der Waals surface area contributed by atoms with Crippen molar-refractivity contribution in [1.29, 1.82) is 0 Å². The van der Waals surface area contributed by atoms with Crippen LogP contribution in [0.25, 0.3) is 0 Å². The van der Waals surface area contributed by atoms with Crippen LogP contribution in [0.2, 0.25) is 0 Å². The minimum absolute atomic E-state index is 0.0126. The molecule has 0 aliphatic carbocycles. The molecule has 1 aromatic carbocycles. The number of hydrogen-bond acceptors (Lipinski definition) is 3. The number of aryl methyl sites for hydroxylation is 1. The Morgan fingerprint density at radius 3 is 2.88 bits per heavy atom. The lowest BCUT2D eigenvalue weighted by Gasteiger charge is -2.11. The third-order valence-electron chi connectivity index (χ3n) is 3.41. The Hall–Kier alpha value is -2.06. The number of hydrogen-bond donors (Lipinski definition) is 1. The van der Waals surface area contributed by atoms with Gasteiger partial charge in [-0.1, -0.05) is 0 Å². The molecule has 1 N–H and O–H groups in total. The molecule has 0 saturated carbocycles. The Labute approximate surface area is 149 Å². The number of nitrogens with zero attached hydrogens (tertiary/aromatic N) is 2. The number of halogens is 3. The first-order valence-corrected chi connectivity index (χ1v) is 8.63. The van der Waals surface area contributed by atoms with Gasteiger partial charge < -0.3 is 5.32 Å². The lowest BCUT2D eigenvalue weighted by atomic mass is 10.2. The van der Waals surface area contributed by atoms with E-state index in [1.54, 1.807) is 24.6 Å². The van der Waals surface area contributed by atoms with Gasteiger partial charge in [-0.05, 0) is 52.5 Å². The third-order valence-corrected chi connectivity index (χ3v) is 5.24. The second kappa shape index (κ2) is 6.82. The summed E-state index contributed by atoms with van der Waals surface area (Å²) < 4.78 is 29.3. The molecule has 24 heavy (non-hydrogen) atoms. The molecule has 0 fully saturated rings. The number of benzene rings is 1. The topological polar surface area (TPSA) is 46.9 Å². The summed E-state index contributed by atoms with van der Waals surface area (Å²) >= 11 is 4.62. The van der Waals surface area contributed by atoms with E-state index in [0.717, 1.165) is 23.8 Å². The zero-order valence-electron chi connectivity index (χ0n) is 12.5. The maximum Gasteiger partial charge on any atom is 0.268 e. The minimum Gasteiger partial charge on any atom is -0.306 e. The van der Waals surface area contributed by atoms with Crippen molar-refractivity contribution in [2.45, 2.75) is 13.5 Å². The molecule has 2 heterocycles. The van der Waals surface area contributed by atoms with Gasteiger partial charge >= 0.3 is 0 Å². The van der Waals surface area contributed by atoms with Crippen molar-refractivity contribution in [3.05, 3.63) is 68.0 Å². The number of rotatable bonds is 4. The van der Waals surface area contributed by atoms with Crippen molar-refractivity contribution in [3.63, 3.8) is 0 Å². The van der Waals surface area contributed by atoms with E-state index in [-0.39, 0.29) is 18.0 Å². The molecule has 0 atom stereocenters. The van der Waals surface area contributed by atoms with Crippen LogP contribution in [0.1, 0.15) is 20.8 Å². The normalized spacial score (nSPS) is 10.8. The fourth-order valence-electron chi connectivity index (χ4n) is 2.21. The van der Waals surface area contributed by atoms with Crippen LogP contribution in [0.4, 0.5) is 14.6 Å². The molecule has 0 aliphatic heterocycles. The Morgan fingerprint density at radius 1 is 1.38 bits per heavy atom. The summed E-state index contributed by atoms with van der Waals surface area (Å²) in [5.74, 6) is -0.892. The number of carbonyl (C=O) groups excluding carboxylic acids is 1. The summed E-state index contributed by atoms with van der Waals surface area (Å²) in [6.07, 6.45) is 1.57. The molecule has 3 rings (SSSR count). The van der Waals surface area contributed by atoms with Gasteiger partial charge in [-0.15, -0.1) is 11.3 Å². The lowest BCUT2D eigenvalue weighted by molar-refractivity contribution is 0.102. The van der Waals surface area contributed by atoms with Crippen molar-refractivity contribution in [2.24, 2.45) is 0 Å². The summed E-state index contributed by atoms with van der Waals surface area (Å²) in [5.41, 5.74) is 0.888. The van der Waals surface area contributed by atoms with Crippen LogP contribution in [0, 0.1) is 18.6 Å². The zero-order valence-corrected chi connectivity index (χ0v) is 14.9. The summed E-state index contributed by atoms with van der Waals surface area (Å²) in [6.45, 7) is 1.79. The van der Waals surface area contributed by atoms with E-state index < -0.39 is 11.6 Å². The summed E-state index contributed by atoms with van der Waals surface area (Å²) in [7, 11) is 0. The number of carbonyl (C=O) groups is 1. The van der Waals surface area contributed by atoms with E-state index in [0.29, 0.717) is 15.2 Å². The van der Waals surface area contributed by atoms with E-state index in [2.05, 4.69) is 26.3 Å². The van der Waals surface area contributed by atoms with Crippen LogP contribution in [0.15, 0.2) is 40.3 Å². The molecule has 8 heteroatoms. The number of aromatic nitrogens is 2. The van der Waals surface area contributed by atoms with Crippen LogP contribution in [-0.4, -0.2) is 15.7 Å². The number of amides is 1. The fraction of sp³-hybridized carbons (Fsp3) is 0.125. The predicted molar refractivity (Wildman–Crippen MR) is 92.4 cm³/mol. The van der Waals surface area contributed by atoms with Crippen LogP contribution in [-0.2, 0) is 6.54 Å². The maximum absolute atomic E-state index is 13.8. The summed E-state index contributed by atoms with van der Waals surface area (Å²) in [4.78, 5) is 12.9. The van der Waals surface area contributed by atoms with Crippen LogP contribution >= 0.6 is 27.3 Å². The van der Waals surface area contributed by atoms with Gasteiger partial charge in [0.05, 0.1) is 12.7 Å². The number of nitrogens with one attached hydrogen (secondary N) is 1. The first-order valence-electron chi connectivity index (χ1n) is 6.96. The number of anilines is 1. The van der Waals surface area contributed by atoms with Crippen LogP contribution in [0.3, 0.4) is 0 Å². The molecule has 0 bridgehead atoms. The van der Waals surface area contributed by atoms with Gasteiger partial charge in [-0.2, -0.15) is 5.10 Å². The highest BCUT2D eigenvalue weighted by Gasteiger charge is 2.17. The molecule has 0 unspecified atom stereocenters. The molecule has 1 amide bonds. The van der Waals surface area contributed by atoms with Gasteiger partial charge in [0, 0.05) is 15.6 Å². The Bertz CT molecular complexity index is 907. The van der Waals surface area contributed by atoms with Gasteiger partial charge in [0.1, 0.15) is 22.3 Å². The van der Waals surface area contributed by atoms with Crippen molar-refractivity contribution in [2.75, 3.05) is 5.32 Å². The largest absolute Gasteiger partial charge is 0.306 e. The molecule has 0 aliphatic rings. The summed E-state index contributed by atoms with van der Waals surface area (Å²) in [5, 5.41) is 8.72. The van der Waals surface area contributed by atoms with Gasteiger partial charge in [0.25, 0.3) is 5.91 Å². The third kappa shape index (κ3) is 3.39. The molecule has 0 saturated heterocycles. The van der Waals surface area contributed by atoms with Gasteiger partial charge in [-0.3, -0.25) is 4.79 Å². The molecule has 4 nitrogen and oxygen atoms in total. The van der Waals surface area contributed by atoms with Crippen molar-refractivity contribution >= 4 is 39.0 Å². The van der Waals surface area contributed by atoms with Crippen LogP contribution in [0.5, 0.6) is 0 Å². The first kappa shape index (κ1) is 16.8. The zero-order chi connectivity index (χ0) is 17.3. The highest BCUT2D eigenvalue weighted by atomic mass is 79.9. The Kier molecular flexibility index (Phi) is 4.77. The molecule has 124 valence electrons. The molecule has 2 aromatic heterocycles. The highest BCUT2D eigenvalue weighted by molar-refractivity contribution is 9.10. The smallest absolute Gasteiger partial charge is 0.268 e. The van der Waals surface area contributed by atoms with Crippen molar-refractivity contribution in [3.8, 4) is 0 Å². The molecule has 0 spiro atoms. The fourth-order valence-corrected chi connectivity index (χ4v) is 3.65. The maximum atomic E-state index is 13.8. The standard InChI is InChI=1S/C16H12BrF2N3OS/c1-9-7-20-22(8-10-6-11(18)2-3-13(10)19)15(9)21-16(23)14-12(17)4-5-24-14/h2-7H,8H2,1H3,(H,21,23). The van der Waals surface area contributed by atoms with E-state index in [1.807, 2.05) is 0 Å². The van der Waals surface area contributed by atoms with E-state index in [4.69, 9.17) is 0 Å². The van der Waals surface area contributed by atoms with Gasteiger partial charge in [-0.25, -0.2) is 13.5 Å². The average molecular weight is 412 g/mol. The second-order valence-electron chi connectivity index (χ2n) is 5.12. The predicted octanol–water partition coefficient (Wildman–Crippen LogP) is 4.59. The first-order chi connectivity index (χ1) is 11.5. The van der Waals surface area contributed by atoms with E-state index in [1.165, 1.54) is 16.0 Å². The highest BCUT2D eigenvalue weighted by Crippen LogP contribution is 2.25. The SMILES string of the molecule is Cc1cnn(Cc2cc(F)ccc2F)c1NC(=O)c1sccc1Br. The van der Waals surface area contributed by atoms with E-state index >= 15 is 0 Å². The average Bonchev–Trinajstić information content (AvgIpc) is 3.11. The molecular weight excluding hydrogens is 400 g/mol. The molecular formula is C16H12BrF2N3OS. The quantitative estimate of drug-likeness (QED) is 0.681. The molecule has 3 aromatic rings. The lowest BCUT2D eigenvalue weighted by Crippen LogP contribution is -2.16. The monoisotopic (exact) mass is 411 g/mol. The van der Waals surface area contributed by atoms with Crippen molar-refractivity contribution < 1.29 is 13.6 Å². The summed E-state index contributed by atoms with van der Waals surface area (Å²) in [6, 6.07) is 5.03. The number of thiophene rings is 1. The van der Waals surface area contributed by atoms with Crippen molar-refractivity contribution in [1.82, 2.24) is 9.78 Å². The van der Waals surface area contributed by atoms with E-state index in [9.17, 15) is 13.6 Å². The van der Waals surface area contributed by atoms with Gasteiger partial charge in [0.2, 0.25) is 0 Å². The van der Waals surface area contributed by atoms with Gasteiger partial charge in [0.15, 0.2) is 0 Å². The molecule has 0 radical (unpaired) electrons. The minimum atomic E-state index is -0.525. The Morgan fingerprint density at radius 2 is 2.17 bits per heavy atom.